The molecule has 162 valence electrons. The molecule has 0 radical (unpaired) electrons. The molecule has 1 N–H and O–H groups in total. The zero-order valence-corrected chi connectivity index (χ0v) is 17.0. The first-order valence-electron chi connectivity index (χ1n) is 9.43. The van der Waals surface area contributed by atoms with Gasteiger partial charge in [-0.05, 0) is 45.0 Å². The molecule has 0 spiro atoms. The number of nitrogens with zero attached hydrogens (tertiary/aromatic N) is 1. The molecular weight excluding hydrogens is 398 g/mol. The summed E-state index contributed by atoms with van der Waals surface area (Å²) >= 11 is 0. The zero-order valence-electron chi connectivity index (χ0n) is 17.0. The Bertz CT molecular complexity index is 847. The van der Waals surface area contributed by atoms with E-state index in [4.69, 9.17) is 14.2 Å². The fourth-order valence-electron chi connectivity index (χ4n) is 2.54. The van der Waals surface area contributed by atoms with Gasteiger partial charge in [0.15, 0.2) is 11.5 Å². The average molecular weight is 422 g/mol. The second-order valence-electron chi connectivity index (χ2n) is 5.72. The molecule has 0 saturated heterocycles. The number of nitrogens with one attached hydrogen (secondary N) is 1. The molecule has 0 atom stereocenters. The number of rotatable bonds is 11. The Kier molecular flexibility index (Phi) is 8.86. The maximum atomic E-state index is 12.6. The van der Waals surface area contributed by atoms with Crippen molar-refractivity contribution < 1.29 is 32.5 Å². The number of amides is 1. The Hall–Kier alpha value is -3.36. The van der Waals surface area contributed by atoms with Crippen LogP contribution >= 0.6 is 0 Å². The van der Waals surface area contributed by atoms with Crippen molar-refractivity contribution >= 4 is 12.1 Å². The van der Waals surface area contributed by atoms with Crippen LogP contribution in [0.25, 0.3) is 0 Å². The summed E-state index contributed by atoms with van der Waals surface area (Å²) in [6.45, 7) is 3.63. The minimum absolute atomic E-state index is 0.0520. The summed E-state index contributed by atoms with van der Waals surface area (Å²) in [6.07, 6.45) is 1.22. The van der Waals surface area contributed by atoms with Crippen molar-refractivity contribution in [1.82, 2.24) is 5.43 Å². The lowest BCUT2D eigenvalue weighted by atomic mass is 10.1. The third-order valence-corrected chi connectivity index (χ3v) is 3.68. The largest absolute Gasteiger partial charge is 0.490 e. The average Bonchev–Trinajstić information content (AvgIpc) is 2.71. The lowest BCUT2D eigenvalue weighted by Gasteiger charge is -2.16. The van der Waals surface area contributed by atoms with Crippen LogP contribution < -0.4 is 24.4 Å². The van der Waals surface area contributed by atoms with Gasteiger partial charge < -0.3 is 18.9 Å². The quantitative estimate of drug-likeness (QED) is 0.433. The maximum absolute atomic E-state index is 12.6. The Morgan fingerprint density at radius 2 is 1.60 bits per heavy atom. The molecule has 30 heavy (non-hydrogen) atoms. The van der Waals surface area contributed by atoms with Crippen molar-refractivity contribution in [3.05, 3.63) is 47.5 Å². The van der Waals surface area contributed by atoms with Crippen LogP contribution in [-0.4, -0.2) is 38.6 Å². The van der Waals surface area contributed by atoms with Gasteiger partial charge in [0.25, 0.3) is 5.91 Å². The molecule has 0 aromatic heterocycles. The standard InChI is InChI=1S/C21H24F2N2O5/c1-4-27-17-11-15(12-18(28-5-2)19(17)29-6-3)20(26)25-24-13-14-9-7-8-10-16(14)30-21(22)23/h7-13,21H,4-6H2,1-3H3,(H,25,26)/b24-13-. The first-order chi connectivity index (χ1) is 14.5. The smallest absolute Gasteiger partial charge is 0.387 e. The first-order valence-corrected chi connectivity index (χ1v) is 9.43. The highest BCUT2D eigenvalue weighted by molar-refractivity contribution is 5.96. The van der Waals surface area contributed by atoms with Crippen LogP contribution in [0, 0.1) is 0 Å². The Morgan fingerprint density at radius 3 is 2.17 bits per heavy atom. The molecule has 0 saturated carbocycles. The summed E-state index contributed by atoms with van der Waals surface area (Å²) < 4.78 is 46.2. The monoisotopic (exact) mass is 422 g/mol. The van der Waals surface area contributed by atoms with Gasteiger partial charge in [0, 0.05) is 11.1 Å². The van der Waals surface area contributed by atoms with Crippen LogP contribution in [-0.2, 0) is 0 Å². The molecule has 2 aromatic carbocycles. The number of carbonyl (C=O) groups is 1. The van der Waals surface area contributed by atoms with Crippen LogP contribution in [0.2, 0.25) is 0 Å². The Morgan fingerprint density at radius 1 is 1.00 bits per heavy atom. The number of hydrazone groups is 1. The molecule has 0 aliphatic carbocycles. The molecule has 1 amide bonds. The van der Waals surface area contributed by atoms with Crippen molar-refractivity contribution in [1.29, 1.82) is 0 Å². The minimum atomic E-state index is -2.97. The van der Waals surface area contributed by atoms with E-state index in [0.29, 0.717) is 37.1 Å². The van der Waals surface area contributed by atoms with Crippen molar-refractivity contribution in [2.75, 3.05) is 19.8 Å². The number of hydrogen-bond donors (Lipinski definition) is 1. The molecule has 0 aliphatic rings. The van der Waals surface area contributed by atoms with Crippen LogP contribution in [0.4, 0.5) is 8.78 Å². The van der Waals surface area contributed by atoms with E-state index in [1.54, 1.807) is 12.1 Å². The topological polar surface area (TPSA) is 78.4 Å². The lowest BCUT2D eigenvalue weighted by Crippen LogP contribution is -2.18. The third-order valence-electron chi connectivity index (χ3n) is 3.68. The van der Waals surface area contributed by atoms with Crippen molar-refractivity contribution in [3.63, 3.8) is 0 Å². The van der Waals surface area contributed by atoms with Crippen LogP contribution in [0.3, 0.4) is 0 Å². The molecule has 0 heterocycles. The number of para-hydroxylation sites is 1. The van der Waals surface area contributed by atoms with E-state index in [2.05, 4.69) is 15.3 Å². The van der Waals surface area contributed by atoms with Gasteiger partial charge in [-0.2, -0.15) is 13.9 Å². The van der Waals surface area contributed by atoms with E-state index >= 15 is 0 Å². The molecule has 0 bridgehead atoms. The third kappa shape index (κ3) is 6.33. The van der Waals surface area contributed by atoms with Crippen molar-refractivity contribution in [2.24, 2.45) is 5.10 Å². The highest BCUT2D eigenvalue weighted by Gasteiger charge is 2.18. The number of carbonyl (C=O) groups excluding carboxylic acids is 1. The number of alkyl halides is 2. The molecular formula is C21H24F2N2O5. The molecule has 0 unspecified atom stereocenters. The van der Waals surface area contributed by atoms with Gasteiger partial charge in [0.05, 0.1) is 26.0 Å². The molecule has 2 rings (SSSR count). The predicted molar refractivity (Wildman–Crippen MR) is 108 cm³/mol. The number of halogens is 2. The van der Waals surface area contributed by atoms with Crippen molar-refractivity contribution in [3.8, 4) is 23.0 Å². The molecule has 0 fully saturated rings. The second-order valence-corrected chi connectivity index (χ2v) is 5.72. The first kappa shape index (κ1) is 22.9. The fraction of sp³-hybridized carbons (Fsp3) is 0.333. The number of benzene rings is 2. The van der Waals surface area contributed by atoms with Gasteiger partial charge in [0.2, 0.25) is 5.75 Å². The van der Waals surface area contributed by atoms with Crippen molar-refractivity contribution in [2.45, 2.75) is 27.4 Å². The Labute approximate surface area is 173 Å². The van der Waals surface area contributed by atoms with Crippen LogP contribution in [0.15, 0.2) is 41.5 Å². The fourth-order valence-corrected chi connectivity index (χ4v) is 2.54. The second kappa shape index (κ2) is 11.6. The van der Waals surface area contributed by atoms with E-state index in [1.807, 2.05) is 20.8 Å². The highest BCUT2D eigenvalue weighted by atomic mass is 19.3. The summed E-state index contributed by atoms with van der Waals surface area (Å²) in [4.78, 5) is 12.6. The highest BCUT2D eigenvalue weighted by Crippen LogP contribution is 2.39. The summed E-state index contributed by atoms with van der Waals surface area (Å²) in [5, 5.41) is 3.83. The summed E-state index contributed by atoms with van der Waals surface area (Å²) in [6, 6.07) is 9.15. The van der Waals surface area contributed by atoms with E-state index < -0.39 is 12.5 Å². The lowest BCUT2D eigenvalue weighted by molar-refractivity contribution is -0.0499. The van der Waals surface area contributed by atoms with Crippen LogP contribution in [0.1, 0.15) is 36.7 Å². The molecule has 9 heteroatoms. The Balaban J connectivity index is 2.23. The van der Waals surface area contributed by atoms with Crippen LogP contribution in [0.5, 0.6) is 23.0 Å². The maximum Gasteiger partial charge on any atom is 0.387 e. The number of hydrogen-bond acceptors (Lipinski definition) is 6. The van der Waals surface area contributed by atoms with E-state index in [-0.39, 0.29) is 16.9 Å². The summed E-state index contributed by atoms with van der Waals surface area (Å²) in [5.41, 5.74) is 2.88. The molecule has 0 aliphatic heterocycles. The normalized spacial score (nSPS) is 10.9. The van der Waals surface area contributed by atoms with Gasteiger partial charge in [-0.25, -0.2) is 5.43 Å². The van der Waals surface area contributed by atoms with E-state index in [9.17, 15) is 13.6 Å². The summed E-state index contributed by atoms with van der Waals surface area (Å²) in [7, 11) is 0. The zero-order chi connectivity index (χ0) is 21.9. The number of ether oxygens (including phenoxy) is 4. The predicted octanol–water partition coefficient (Wildman–Crippen LogP) is 4.25. The van der Waals surface area contributed by atoms with Gasteiger partial charge >= 0.3 is 6.61 Å². The minimum Gasteiger partial charge on any atom is -0.490 e. The van der Waals surface area contributed by atoms with E-state index in [1.165, 1.54) is 30.5 Å². The van der Waals surface area contributed by atoms with E-state index in [0.717, 1.165) is 0 Å². The molecule has 7 nitrogen and oxygen atoms in total. The molecule has 2 aromatic rings. The summed E-state index contributed by atoms with van der Waals surface area (Å²) in [5.74, 6) is 0.567. The van der Waals surface area contributed by atoms with Gasteiger partial charge in [0.1, 0.15) is 5.75 Å². The van der Waals surface area contributed by atoms with Gasteiger partial charge in [-0.3, -0.25) is 4.79 Å². The van der Waals surface area contributed by atoms with Gasteiger partial charge in [-0.1, -0.05) is 12.1 Å². The SMILES string of the molecule is CCOc1cc(C(=O)N/N=C\c2ccccc2OC(F)F)cc(OCC)c1OCC. The van der Waals surface area contributed by atoms with Gasteiger partial charge in [-0.15, -0.1) is 0 Å².